The summed E-state index contributed by atoms with van der Waals surface area (Å²) in [5, 5.41) is 14.3. The second-order valence-corrected chi connectivity index (χ2v) is 10.1. The first kappa shape index (κ1) is 19.9. The highest BCUT2D eigenvalue weighted by Crippen LogP contribution is 2.35. The van der Waals surface area contributed by atoms with E-state index >= 15 is 0 Å². The fraction of sp³-hybridized carbons (Fsp3) is 0.316. The van der Waals surface area contributed by atoms with Crippen molar-refractivity contribution in [3.8, 4) is 11.3 Å². The Morgan fingerprint density at radius 2 is 1.93 bits per heavy atom. The molecular formula is C19H21N3O2S3. The maximum atomic E-state index is 11.3. The van der Waals surface area contributed by atoms with E-state index in [1.165, 1.54) is 23.1 Å². The van der Waals surface area contributed by atoms with Gasteiger partial charge in [-0.3, -0.25) is 4.79 Å². The number of thioether (sulfide) groups is 1. The van der Waals surface area contributed by atoms with E-state index in [-0.39, 0.29) is 0 Å². The van der Waals surface area contributed by atoms with Gasteiger partial charge < -0.3 is 10.0 Å². The van der Waals surface area contributed by atoms with Gasteiger partial charge in [0.1, 0.15) is 4.75 Å². The Morgan fingerprint density at radius 1 is 1.19 bits per heavy atom. The van der Waals surface area contributed by atoms with E-state index in [9.17, 15) is 9.90 Å². The normalized spacial score (nSPS) is 11.5. The quantitative estimate of drug-likeness (QED) is 0.524. The maximum absolute atomic E-state index is 11.3. The lowest BCUT2D eigenvalue weighted by atomic mass is 10.2. The third kappa shape index (κ3) is 5.09. The van der Waals surface area contributed by atoms with Crippen molar-refractivity contribution in [2.24, 2.45) is 0 Å². The number of aromatic nitrogens is 2. The summed E-state index contributed by atoms with van der Waals surface area (Å²) in [7, 11) is 2.03. The number of anilines is 1. The summed E-state index contributed by atoms with van der Waals surface area (Å²) in [6.07, 6.45) is 0.793. The van der Waals surface area contributed by atoms with Gasteiger partial charge in [-0.1, -0.05) is 42.1 Å². The van der Waals surface area contributed by atoms with Crippen molar-refractivity contribution >= 4 is 45.5 Å². The number of rotatable bonds is 8. The van der Waals surface area contributed by atoms with Gasteiger partial charge in [0.05, 0.1) is 11.4 Å². The molecule has 0 fully saturated rings. The maximum Gasteiger partial charge on any atom is 0.319 e. The fourth-order valence-corrected chi connectivity index (χ4v) is 5.33. The van der Waals surface area contributed by atoms with Crippen LogP contribution < -0.4 is 4.90 Å². The second kappa shape index (κ2) is 8.41. The van der Waals surface area contributed by atoms with Crippen LogP contribution in [0.4, 0.5) is 5.13 Å². The Labute approximate surface area is 171 Å². The van der Waals surface area contributed by atoms with E-state index in [4.69, 9.17) is 4.98 Å². The van der Waals surface area contributed by atoms with Crippen molar-refractivity contribution in [3.63, 3.8) is 0 Å². The van der Waals surface area contributed by atoms with Crippen LogP contribution in [0.2, 0.25) is 0 Å². The van der Waals surface area contributed by atoms with Crippen LogP contribution in [0.3, 0.4) is 0 Å². The van der Waals surface area contributed by atoms with Crippen molar-refractivity contribution in [2.45, 2.75) is 29.4 Å². The van der Waals surface area contributed by atoms with Crippen LogP contribution in [0.25, 0.3) is 11.3 Å². The van der Waals surface area contributed by atoms with Crippen LogP contribution in [-0.4, -0.2) is 39.4 Å². The monoisotopic (exact) mass is 419 g/mol. The summed E-state index contributed by atoms with van der Waals surface area (Å²) in [5.41, 5.74) is 3.09. The second-order valence-electron chi connectivity index (χ2n) is 6.58. The lowest BCUT2D eigenvalue weighted by molar-refractivity contribution is -0.138. The molecule has 3 aromatic rings. The van der Waals surface area contributed by atoms with Gasteiger partial charge in [0.15, 0.2) is 9.47 Å². The topological polar surface area (TPSA) is 66.3 Å². The molecule has 142 valence electrons. The zero-order chi connectivity index (χ0) is 19.4. The number of hydrogen-bond donors (Lipinski definition) is 1. The minimum absolute atomic E-state index is 0.792. The van der Waals surface area contributed by atoms with Crippen molar-refractivity contribution in [1.29, 1.82) is 0 Å². The van der Waals surface area contributed by atoms with Gasteiger partial charge in [-0.2, -0.15) is 0 Å². The van der Waals surface area contributed by atoms with Gasteiger partial charge in [-0.25, -0.2) is 9.97 Å². The molecule has 2 aromatic heterocycles. The molecule has 0 amide bonds. The van der Waals surface area contributed by atoms with Crippen LogP contribution in [0.5, 0.6) is 0 Å². The predicted molar refractivity (Wildman–Crippen MR) is 114 cm³/mol. The Kier molecular flexibility index (Phi) is 6.18. The smallest absolute Gasteiger partial charge is 0.319 e. The minimum Gasteiger partial charge on any atom is -0.480 e. The average molecular weight is 420 g/mol. The lowest BCUT2D eigenvalue weighted by Crippen LogP contribution is -2.26. The van der Waals surface area contributed by atoms with Gasteiger partial charge in [0, 0.05) is 36.3 Å². The first-order chi connectivity index (χ1) is 12.8. The van der Waals surface area contributed by atoms with Crippen LogP contribution in [-0.2, 0) is 11.2 Å². The summed E-state index contributed by atoms with van der Waals surface area (Å²) >= 11 is 4.42. The average Bonchev–Trinajstić information content (AvgIpc) is 3.29. The van der Waals surface area contributed by atoms with Crippen molar-refractivity contribution in [3.05, 3.63) is 46.8 Å². The molecule has 1 aromatic carbocycles. The van der Waals surface area contributed by atoms with Gasteiger partial charge in [-0.05, 0) is 13.8 Å². The third-order valence-electron chi connectivity index (χ3n) is 3.98. The molecule has 0 aliphatic carbocycles. The number of hydrogen-bond acceptors (Lipinski definition) is 7. The number of thiazole rings is 2. The fourth-order valence-electron chi connectivity index (χ4n) is 2.27. The number of aliphatic carboxylic acids is 1. The molecule has 2 heterocycles. The van der Waals surface area contributed by atoms with E-state index in [1.54, 1.807) is 25.2 Å². The lowest BCUT2D eigenvalue weighted by Gasteiger charge is -2.16. The van der Waals surface area contributed by atoms with Crippen LogP contribution >= 0.6 is 34.4 Å². The molecule has 0 unspecified atom stereocenters. The zero-order valence-electron chi connectivity index (χ0n) is 15.4. The molecule has 0 spiro atoms. The first-order valence-electron chi connectivity index (χ1n) is 8.44. The molecule has 0 aliphatic rings. The summed E-state index contributed by atoms with van der Waals surface area (Å²) in [6.45, 7) is 4.20. The molecule has 0 aliphatic heterocycles. The van der Waals surface area contributed by atoms with E-state index in [1.807, 2.05) is 30.6 Å². The Morgan fingerprint density at radius 3 is 2.63 bits per heavy atom. The van der Waals surface area contributed by atoms with Crippen molar-refractivity contribution < 1.29 is 9.90 Å². The molecule has 0 radical (unpaired) electrons. The van der Waals surface area contributed by atoms with Crippen LogP contribution in [0, 0.1) is 0 Å². The van der Waals surface area contributed by atoms with Crippen molar-refractivity contribution in [1.82, 2.24) is 9.97 Å². The predicted octanol–water partition coefficient (Wildman–Crippen LogP) is 4.90. The molecular weight excluding hydrogens is 398 g/mol. The van der Waals surface area contributed by atoms with E-state index in [2.05, 4.69) is 27.4 Å². The Balaban J connectivity index is 1.58. The molecule has 8 heteroatoms. The van der Waals surface area contributed by atoms with E-state index in [0.29, 0.717) is 0 Å². The summed E-state index contributed by atoms with van der Waals surface area (Å²) < 4.78 is -0.0821. The summed E-state index contributed by atoms with van der Waals surface area (Å²) in [5.74, 6) is -0.832. The molecule has 0 atom stereocenters. The SMILES string of the molecule is CN(CCc1csc(SC(C)(C)C(=O)O)n1)c1nc(-c2ccccc2)cs1. The number of carboxylic acids is 1. The highest BCUT2D eigenvalue weighted by molar-refractivity contribution is 8.02. The largest absolute Gasteiger partial charge is 0.480 e. The molecule has 5 nitrogen and oxygen atoms in total. The highest BCUT2D eigenvalue weighted by Gasteiger charge is 2.29. The Bertz CT molecular complexity index is 906. The van der Waals surface area contributed by atoms with Gasteiger partial charge >= 0.3 is 5.97 Å². The standard InChI is InChI=1S/C19H21N3O2S3/c1-19(2,16(23)24)27-18-20-14(11-26-18)9-10-22(3)17-21-15(12-25-17)13-7-5-4-6-8-13/h4-8,11-12H,9-10H2,1-3H3,(H,23,24). The number of benzene rings is 1. The van der Waals surface area contributed by atoms with Gasteiger partial charge in [0.25, 0.3) is 0 Å². The molecule has 27 heavy (non-hydrogen) atoms. The molecule has 0 saturated heterocycles. The highest BCUT2D eigenvalue weighted by atomic mass is 32.2. The van der Waals surface area contributed by atoms with Gasteiger partial charge in [-0.15, -0.1) is 22.7 Å². The summed E-state index contributed by atoms with van der Waals surface area (Å²) in [4.78, 5) is 22.7. The first-order valence-corrected chi connectivity index (χ1v) is 11.0. The number of likely N-dealkylation sites (N-methyl/N-ethyl adjacent to an activating group) is 1. The molecule has 1 N–H and O–H groups in total. The Hall–Kier alpha value is -1.90. The number of nitrogens with zero attached hydrogens (tertiary/aromatic N) is 3. The third-order valence-corrected chi connectivity index (χ3v) is 7.11. The molecule has 3 rings (SSSR count). The van der Waals surface area contributed by atoms with Crippen LogP contribution in [0.1, 0.15) is 19.5 Å². The summed E-state index contributed by atoms with van der Waals surface area (Å²) in [6, 6.07) is 10.2. The van der Waals surface area contributed by atoms with Crippen LogP contribution in [0.15, 0.2) is 45.4 Å². The van der Waals surface area contributed by atoms with Gasteiger partial charge in [0.2, 0.25) is 0 Å². The van der Waals surface area contributed by atoms with Crippen molar-refractivity contribution in [2.75, 3.05) is 18.5 Å². The minimum atomic E-state index is -0.874. The molecule has 0 saturated carbocycles. The number of carboxylic acid groups (broad SMARTS) is 1. The zero-order valence-corrected chi connectivity index (χ0v) is 17.8. The molecule has 0 bridgehead atoms. The van der Waals surface area contributed by atoms with E-state index in [0.717, 1.165) is 39.4 Å². The number of carbonyl (C=O) groups is 1. The van der Waals surface area contributed by atoms with E-state index < -0.39 is 10.7 Å².